The molecule has 0 aromatic rings. The lowest BCUT2D eigenvalue weighted by Gasteiger charge is -2.34. The second-order valence-electron chi connectivity index (χ2n) is 5.22. The van der Waals surface area contributed by atoms with Gasteiger partial charge in [-0.25, -0.2) is 0 Å². The molecule has 0 aromatic carbocycles. The summed E-state index contributed by atoms with van der Waals surface area (Å²) in [5.41, 5.74) is 5.32. The Morgan fingerprint density at radius 1 is 1.59 bits per heavy atom. The number of carbonyl (C=O) groups is 1. The van der Waals surface area contributed by atoms with Gasteiger partial charge >= 0.3 is 0 Å². The summed E-state index contributed by atoms with van der Waals surface area (Å²) < 4.78 is 0. The summed E-state index contributed by atoms with van der Waals surface area (Å²) >= 11 is 1.84. The lowest BCUT2D eigenvalue weighted by molar-refractivity contribution is -0.119. The van der Waals surface area contributed by atoms with Gasteiger partial charge in [0.25, 0.3) is 0 Å². The number of piperidine rings is 1. The number of amides is 1. The van der Waals surface area contributed by atoms with Crippen LogP contribution in [-0.2, 0) is 4.79 Å². The van der Waals surface area contributed by atoms with Crippen molar-refractivity contribution in [3.63, 3.8) is 0 Å². The molecule has 22 heavy (non-hydrogen) atoms. The van der Waals surface area contributed by atoms with Gasteiger partial charge in [-0.1, -0.05) is 6.08 Å². The molecular formula is C15H29IN4OS. The van der Waals surface area contributed by atoms with E-state index in [0.29, 0.717) is 12.3 Å². The molecule has 1 amide bonds. The summed E-state index contributed by atoms with van der Waals surface area (Å²) in [7, 11) is 0. The van der Waals surface area contributed by atoms with Crippen LogP contribution in [0.25, 0.3) is 0 Å². The van der Waals surface area contributed by atoms with E-state index in [2.05, 4.69) is 28.7 Å². The molecule has 0 radical (unpaired) electrons. The predicted molar refractivity (Wildman–Crippen MR) is 107 cm³/mol. The van der Waals surface area contributed by atoms with Crippen molar-refractivity contribution in [2.45, 2.75) is 26.2 Å². The van der Waals surface area contributed by atoms with Gasteiger partial charge in [0.1, 0.15) is 0 Å². The Bertz CT molecular complexity index is 365. The van der Waals surface area contributed by atoms with Gasteiger partial charge in [0.2, 0.25) is 5.91 Å². The minimum Gasteiger partial charge on any atom is -0.370 e. The SMILES string of the molecule is C=CCSCCN=C(NCC)N1CCCC(CC(N)=O)C1.I. The molecule has 0 aromatic heterocycles. The standard InChI is InChI=1S/C15H28N4OS.HI/c1-3-9-21-10-7-18-15(17-4-2)19-8-5-6-13(12-19)11-14(16)20;/h3,13H,1,4-12H2,2H3,(H2,16,20)(H,17,18);1H. The number of nitrogens with zero attached hydrogens (tertiary/aromatic N) is 2. The highest BCUT2D eigenvalue weighted by atomic mass is 127. The third kappa shape index (κ3) is 8.87. The molecule has 0 aliphatic carbocycles. The highest BCUT2D eigenvalue weighted by Crippen LogP contribution is 2.19. The Hall–Kier alpha value is -0.440. The fourth-order valence-electron chi connectivity index (χ4n) is 2.52. The van der Waals surface area contributed by atoms with Gasteiger partial charge in [0.15, 0.2) is 5.96 Å². The molecule has 0 bridgehead atoms. The van der Waals surface area contributed by atoms with E-state index in [0.717, 1.165) is 56.5 Å². The first-order valence-electron chi connectivity index (χ1n) is 7.67. The number of guanidine groups is 1. The number of carbonyl (C=O) groups excluding carboxylic acids is 1. The minimum atomic E-state index is -0.204. The average molecular weight is 440 g/mol. The Balaban J connectivity index is 0.00000441. The highest BCUT2D eigenvalue weighted by molar-refractivity contribution is 14.0. The van der Waals surface area contributed by atoms with Gasteiger partial charge in [-0.3, -0.25) is 9.79 Å². The van der Waals surface area contributed by atoms with Crippen molar-refractivity contribution in [2.24, 2.45) is 16.6 Å². The summed E-state index contributed by atoms with van der Waals surface area (Å²) in [5.74, 6) is 3.08. The third-order valence-electron chi connectivity index (χ3n) is 3.38. The van der Waals surface area contributed by atoms with Crippen LogP contribution >= 0.6 is 35.7 Å². The van der Waals surface area contributed by atoms with Crippen LogP contribution in [0.4, 0.5) is 0 Å². The first-order valence-corrected chi connectivity index (χ1v) is 8.83. The van der Waals surface area contributed by atoms with E-state index in [9.17, 15) is 4.79 Å². The number of hydrogen-bond donors (Lipinski definition) is 2. The monoisotopic (exact) mass is 440 g/mol. The van der Waals surface area contributed by atoms with Crippen LogP contribution in [0, 0.1) is 5.92 Å². The van der Waals surface area contributed by atoms with Gasteiger partial charge < -0.3 is 16.0 Å². The molecule has 3 N–H and O–H groups in total. The molecule has 5 nitrogen and oxygen atoms in total. The first-order chi connectivity index (χ1) is 10.2. The molecule has 1 fully saturated rings. The normalized spacial score (nSPS) is 18.5. The predicted octanol–water partition coefficient (Wildman–Crippen LogP) is 2.08. The number of hydrogen-bond acceptors (Lipinski definition) is 3. The van der Waals surface area contributed by atoms with E-state index in [4.69, 9.17) is 5.73 Å². The van der Waals surface area contributed by atoms with Crippen molar-refractivity contribution in [2.75, 3.05) is 37.7 Å². The van der Waals surface area contributed by atoms with E-state index in [1.54, 1.807) is 0 Å². The molecule has 1 aliphatic heterocycles. The topological polar surface area (TPSA) is 70.7 Å². The summed E-state index contributed by atoms with van der Waals surface area (Å²) in [6.45, 7) is 9.32. The maximum absolute atomic E-state index is 11.1. The number of nitrogens with one attached hydrogen (secondary N) is 1. The van der Waals surface area contributed by atoms with Gasteiger partial charge in [0.05, 0.1) is 6.54 Å². The zero-order chi connectivity index (χ0) is 15.5. The first kappa shape index (κ1) is 21.6. The van der Waals surface area contributed by atoms with Crippen LogP contribution in [-0.4, -0.2) is 54.5 Å². The molecule has 0 saturated carbocycles. The lowest BCUT2D eigenvalue weighted by Crippen LogP contribution is -2.47. The summed E-state index contributed by atoms with van der Waals surface area (Å²) in [4.78, 5) is 18.0. The fourth-order valence-corrected chi connectivity index (χ4v) is 3.07. The van der Waals surface area contributed by atoms with Crippen LogP contribution in [0.1, 0.15) is 26.2 Å². The van der Waals surface area contributed by atoms with Crippen molar-refractivity contribution in [3.05, 3.63) is 12.7 Å². The number of nitrogens with two attached hydrogens (primary N) is 1. The zero-order valence-corrected chi connectivity index (χ0v) is 16.6. The van der Waals surface area contributed by atoms with Gasteiger partial charge in [0, 0.05) is 37.6 Å². The average Bonchev–Trinajstić information content (AvgIpc) is 2.45. The Kier molecular flexibility index (Phi) is 12.8. The summed E-state index contributed by atoms with van der Waals surface area (Å²) in [6, 6.07) is 0. The molecule has 0 spiro atoms. The van der Waals surface area contributed by atoms with E-state index in [1.165, 1.54) is 0 Å². The fraction of sp³-hybridized carbons (Fsp3) is 0.733. The molecule has 1 saturated heterocycles. The van der Waals surface area contributed by atoms with Gasteiger partial charge in [-0.15, -0.1) is 30.6 Å². The quantitative estimate of drug-likeness (QED) is 0.199. The number of rotatable bonds is 8. The molecular weight excluding hydrogens is 411 g/mol. The van der Waals surface area contributed by atoms with E-state index in [-0.39, 0.29) is 29.9 Å². The Labute approximate surface area is 155 Å². The second-order valence-corrected chi connectivity index (χ2v) is 6.37. The summed E-state index contributed by atoms with van der Waals surface area (Å²) in [6.07, 6.45) is 4.56. The van der Waals surface area contributed by atoms with Crippen molar-refractivity contribution >= 4 is 47.6 Å². The largest absolute Gasteiger partial charge is 0.370 e. The number of likely N-dealkylation sites (tertiary alicyclic amines) is 1. The molecule has 1 rings (SSSR count). The van der Waals surface area contributed by atoms with Gasteiger partial charge in [-0.05, 0) is 25.7 Å². The smallest absolute Gasteiger partial charge is 0.217 e. The van der Waals surface area contributed by atoms with Gasteiger partial charge in [-0.2, -0.15) is 11.8 Å². The molecule has 1 heterocycles. The van der Waals surface area contributed by atoms with Crippen LogP contribution in [0.2, 0.25) is 0 Å². The molecule has 128 valence electrons. The van der Waals surface area contributed by atoms with E-state index in [1.807, 2.05) is 17.8 Å². The molecule has 7 heteroatoms. The Morgan fingerprint density at radius 2 is 2.36 bits per heavy atom. The number of thioether (sulfide) groups is 1. The molecule has 1 aliphatic rings. The maximum atomic E-state index is 11.1. The van der Waals surface area contributed by atoms with Crippen molar-refractivity contribution in [1.29, 1.82) is 0 Å². The number of aliphatic imine (C=N–C) groups is 1. The number of primary amides is 1. The van der Waals surface area contributed by atoms with E-state index < -0.39 is 0 Å². The maximum Gasteiger partial charge on any atom is 0.217 e. The van der Waals surface area contributed by atoms with Crippen molar-refractivity contribution in [3.8, 4) is 0 Å². The molecule has 1 unspecified atom stereocenters. The minimum absolute atomic E-state index is 0. The van der Waals surface area contributed by atoms with Crippen molar-refractivity contribution < 1.29 is 4.79 Å². The Morgan fingerprint density at radius 3 is 3.00 bits per heavy atom. The number of halogens is 1. The summed E-state index contributed by atoms with van der Waals surface area (Å²) in [5, 5.41) is 3.35. The van der Waals surface area contributed by atoms with E-state index >= 15 is 0 Å². The van der Waals surface area contributed by atoms with Crippen LogP contribution < -0.4 is 11.1 Å². The third-order valence-corrected chi connectivity index (χ3v) is 4.32. The van der Waals surface area contributed by atoms with Crippen LogP contribution in [0.3, 0.4) is 0 Å². The van der Waals surface area contributed by atoms with Crippen LogP contribution in [0.15, 0.2) is 17.6 Å². The van der Waals surface area contributed by atoms with Crippen molar-refractivity contribution in [1.82, 2.24) is 10.2 Å². The van der Waals surface area contributed by atoms with Crippen LogP contribution in [0.5, 0.6) is 0 Å². The lowest BCUT2D eigenvalue weighted by atomic mass is 9.95. The highest BCUT2D eigenvalue weighted by Gasteiger charge is 2.23. The molecule has 1 atom stereocenters. The zero-order valence-electron chi connectivity index (χ0n) is 13.4. The second kappa shape index (κ2) is 13.0.